The summed E-state index contributed by atoms with van der Waals surface area (Å²) >= 11 is 3.42. The Labute approximate surface area is 122 Å². The van der Waals surface area contributed by atoms with Crippen molar-refractivity contribution in [3.63, 3.8) is 0 Å². The molecule has 1 aliphatic rings. The lowest BCUT2D eigenvalue weighted by Crippen LogP contribution is -2.35. The highest BCUT2D eigenvalue weighted by atomic mass is 79.9. The van der Waals surface area contributed by atoms with Gasteiger partial charge in [0.2, 0.25) is 0 Å². The van der Waals surface area contributed by atoms with Crippen LogP contribution in [-0.4, -0.2) is 22.4 Å². The van der Waals surface area contributed by atoms with Gasteiger partial charge in [0.15, 0.2) is 0 Å². The van der Waals surface area contributed by atoms with Crippen molar-refractivity contribution in [2.24, 2.45) is 0 Å². The van der Waals surface area contributed by atoms with Crippen LogP contribution in [-0.2, 0) is 6.42 Å². The third-order valence-electron chi connectivity index (χ3n) is 3.65. The molecule has 19 heavy (non-hydrogen) atoms. The average molecular weight is 320 g/mol. The minimum Gasteiger partial charge on any atom is -0.314 e. The van der Waals surface area contributed by atoms with Gasteiger partial charge >= 0.3 is 0 Å². The highest BCUT2D eigenvalue weighted by Gasteiger charge is 2.12. The summed E-state index contributed by atoms with van der Waals surface area (Å²) in [5, 5.41) is 7.88. The molecule has 0 radical (unpaired) electrons. The maximum atomic E-state index is 4.29. The predicted molar refractivity (Wildman–Crippen MR) is 80.6 cm³/mol. The minimum atomic E-state index is 0.651. The van der Waals surface area contributed by atoms with Crippen molar-refractivity contribution in [1.82, 2.24) is 15.1 Å². The number of nitrogens with one attached hydrogen (secondary N) is 1. The van der Waals surface area contributed by atoms with Gasteiger partial charge in [0, 0.05) is 12.2 Å². The fourth-order valence-corrected chi connectivity index (χ4v) is 2.90. The summed E-state index contributed by atoms with van der Waals surface area (Å²) in [6.45, 7) is 1.17. The van der Waals surface area contributed by atoms with Crippen LogP contribution in [0.15, 0.2) is 41.1 Å². The summed E-state index contributed by atoms with van der Waals surface area (Å²) in [4.78, 5) is 0. The molecule has 2 aromatic rings. The van der Waals surface area contributed by atoms with Crippen LogP contribution in [0.2, 0.25) is 0 Å². The molecule has 1 aliphatic heterocycles. The van der Waals surface area contributed by atoms with Gasteiger partial charge in [-0.25, -0.2) is 4.68 Å². The van der Waals surface area contributed by atoms with Crippen LogP contribution >= 0.6 is 15.9 Å². The second-order valence-electron chi connectivity index (χ2n) is 5.12. The highest BCUT2D eigenvalue weighted by Crippen LogP contribution is 2.16. The zero-order valence-corrected chi connectivity index (χ0v) is 12.4. The van der Waals surface area contributed by atoms with Gasteiger partial charge in [-0.2, -0.15) is 5.10 Å². The van der Waals surface area contributed by atoms with E-state index in [0.717, 1.165) is 16.6 Å². The fraction of sp³-hybridized carbons (Fsp3) is 0.400. The van der Waals surface area contributed by atoms with Crippen molar-refractivity contribution in [2.45, 2.75) is 31.7 Å². The van der Waals surface area contributed by atoms with Gasteiger partial charge in [0.1, 0.15) is 0 Å². The number of halogens is 1. The Morgan fingerprint density at radius 1 is 1.26 bits per heavy atom. The topological polar surface area (TPSA) is 29.9 Å². The summed E-state index contributed by atoms with van der Waals surface area (Å²) in [6, 6.07) is 9.34. The molecule has 1 N–H and O–H groups in total. The second-order valence-corrected chi connectivity index (χ2v) is 6.04. The van der Waals surface area contributed by atoms with E-state index in [1.54, 1.807) is 6.20 Å². The molecule has 1 unspecified atom stereocenters. The van der Waals surface area contributed by atoms with Gasteiger partial charge in [-0.15, -0.1) is 0 Å². The van der Waals surface area contributed by atoms with E-state index in [-0.39, 0.29) is 0 Å². The molecule has 1 aromatic carbocycles. The van der Waals surface area contributed by atoms with Gasteiger partial charge < -0.3 is 5.32 Å². The molecule has 3 rings (SSSR count). The molecule has 0 saturated carbocycles. The first-order valence-electron chi connectivity index (χ1n) is 6.84. The summed E-state index contributed by atoms with van der Waals surface area (Å²) in [7, 11) is 0. The quantitative estimate of drug-likeness (QED) is 0.940. The molecule has 4 heteroatoms. The Hall–Kier alpha value is -1.13. The Balaban J connectivity index is 1.68. The lowest BCUT2D eigenvalue weighted by Gasteiger charge is -2.23. The van der Waals surface area contributed by atoms with E-state index >= 15 is 0 Å². The molecular weight excluding hydrogens is 302 g/mol. The first kappa shape index (κ1) is 12.9. The van der Waals surface area contributed by atoms with E-state index in [1.807, 2.05) is 10.9 Å². The molecule has 0 aliphatic carbocycles. The van der Waals surface area contributed by atoms with Crippen molar-refractivity contribution in [3.05, 3.63) is 46.7 Å². The standard InChI is InChI=1S/C15H18BrN3/c16-13-10-18-19(11-13)15-6-4-12(5-7-15)9-14-3-1-2-8-17-14/h4-7,10-11,14,17H,1-3,8-9H2. The Bertz CT molecular complexity index is 527. The summed E-state index contributed by atoms with van der Waals surface area (Å²) < 4.78 is 2.88. The van der Waals surface area contributed by atoms with Gasteiger partial charge in [0.25, 0.3) is 0 Å². The number of hydrogen-bond acceptors (Lipinski definition) is 2. The zero-order chi connectivity index (χ0) is 13.1. The van der Waals surface area contributed by atoms with Crippen LogP contribution in [0.3, 0.4) is 0 Å². The SMILES string of the molecule is Brc1cnn(-c2ccc(CC3CCCCN3)cc2)c1. The second kappa shape index (κ2) is 5.88. The molecule has 0 spiro atoms. The molecule has 0 amide bonds. The molecule has 1 saturated heterocycles. The third-order valence-corrected chi connectivity index (χ3v) is 4.06. The van der Waals surface area contributed by atoms with Crippen LogP contribution in [0, 0.1) is 0 Å². The lowest BCUT2D eigenvalue weighted by molar-refractivity contribution is 0.399. The van der Waals surface area contributed by atoms with Gasteiger partial charge in [-0.05, 0) is 59.4 Å². The van der Waals surface area contributed by atoms with Crippen molar-refractivity contribution < 1.29 is 0 Å². The van der Waals surface area contributed by atoms with Crippen LogP contribution in [0.25, 0.3) is 5.69 Å². The maximum absolute atomic E-state index is 4.29. The number of nitrogens with zero attached hydrogens (tertiary/aromatic N) is 2. The van der Waals surface area contributed by atoms with Crippen molar-refractivity contribution in [3.8, 4) is 5.69 Å². The smallest absolute Gasteiger partial charge is 0.0646 e. The van der Waals surface area contributed by atoms with E-state index in [9.17, 15) is 0 Å². The monoisotopic (exact) mass is 319 g/mol. The van der Waals surface area contributed by atoms with E-state index < -0.39 is 0 Å². The average Bonchev–Trinajstić information content (AvgIpc) is 2.87. The van der Waals surface area contributed by atoms with Gasteiger partial charge in [0.05, 0.1) is 16.4 Å². The Morgan fingerprint density at radius 2 is 2.11 bits per heavy atom. The molecule has 1 atom stereocenters. The first-order chi connectivity index (χ1) is 9.31. The molecule has 1 aromatic heterocycles. The van der Waals surface area contributed by atoms with Crippen molar-refractivity contribution >= 4 is 15.9 Å². The van der Waals surface area contributed by atoms with E-state index in [4.69, 9.17) is 0 Å². The zero-order valence-electron chi connectivity index (χ0n) is 10.8. The number of rotatable bonds is 3. The Kier molecular flexibility index (Phi) is 3.99. The summed E-state index contributed by atoms with van der Waals surface area (Å²) in [5.41, 5.74) is 2.50. The van der Waals surface area contributed by atoms with Crippen LogP contribution in [0.5, 0.6) is 0 Å². The van der Waals surface area contributed by atoms with Crippen LogP contribution in [0.1, 0.15) is 24.8 Å². The van der Waals surface area contributed by atoms with E-state index in [0.29, 0.717) is 6.04 Å². The third kappa shape index (κ3) is 3.25. The number of benzene rings is 1. The van der Waals surface area contributed by atoms with E-state index in [2.05, 4.69) is 50.6 Å². The van der Waals surface area contributed by atoms with Crippen LogP contribution < -0.4 is 5.32 Å². The number of aromatic nitrogens is 2. The molecule has 2 heterocycles. The summed E-state index contributed by atoms with van der Waals surface area (Å²) in [5.74, 6) is 0. The number of piperidine rings is 1. The normalized spacial score (nSPS) is 19.5. The van der Waals surface area contributed by atoms with Crippen molar-refractivity contribution in [1.29, 1.82) is 0 Å². The molecular formula is C15H18BrN3. The van der Waals surface area contributed by atoms with Crippen LogP contribution in [0.4, 0.5) is 0 Å². The fourth-order valence-electron chi connectivity index (χ4n) is 2.61. The minimum absolute atomic E-state index is 0.651. The maximum Gasteiger partial charge on any atom is 0.0646 e. The Morgan fingerprint density at radius 3 is 2.74 bits per heavy atom. The molecule has 3 nitrogen and oxygen atoms in total. The summed E-state index contributed by atoms with van der Waals surface area (Å²) in [6.07, 6.45) is 8.88. The van der Waals surface area contributed by atoms with Crippen molar-refractivity contribution in [2.75, 3.05) is 6.54 Å². The molecule has 0 bridgehead atoms. The highest BCUT2D eigenvalue weighted by molar-refractivity contribution is 9.10. The van der Waals surface area contributed by atoms with Gasteiger partial charge in [-0.1, -0.05) is 18.6 Å². The van der Waals surface area contributed by atoms with Gasteiger partial charge in [-0.3, -0.25) is 0 Å². The molecule has 1 fully saturated rings. The predicted octanol–water partition coefficient (Wildman–Crippen LogP) is 3.32. The largest absolute Gasteiger partial charge is 0.314 e. The first-order valence-corrected chi connectivity index (χ1v) is 7.63. The number of hydrogen-bond donors (Lipinski definition) is 1. The van der Waals surface area contributed by atoms with E-state index in [1.165, 1.54) is 31.4 Å². The lowest BCUT2D eigenvalue weighted by atomic mass is 9.98. The molecule has 100 valence electrons.